The molecule has 0 amide bonds. The Labute approximate surface area is 91.5 Å². The van der Waals surface area contributed by atoms with E-state index in [-0.39, 0.29) is 22.8 Å². The third-order valence-electron chi connectivity index (χ3n) is 2.39. The minimum absolute atomic E-state index is 0.0586. The molecule has 1 aliphatic heterocycles. The minimum Gasteiger partial charge on any atom is -0.508 e. The van der Waals surface area contributed by atoms with Crippen molar-refractivity contribution in [3.8, 4) is 5.75 Å². The van der Waals surface area contributed by atoms with Crippen LogP contribution in [-0.2, 0) is 4.74 Å². The molecule has 2 rings (SSSR count). The molecule has 5 heteroatoms. The largest absolute Gasteiger partial charge is 0.508 e. The second kappa shape index (κ2) is 3.86. The summed E-state index contributed by atoms with van der Waals surface area (Å²) in [6, 6.07) is 4.03. The molecule has 0 saturated heterocycles. The molecule has 0 aromatic heterocycles. The number of fused-ring (bicyclic) bond motifs is 1. The number of phenols is 1. The number of nitrogens with zero attached hydrogens (tertiary/aromatic N) is 1. The summed E-state index contributed by atoms with van der Waals surface area (Å²) in [6.45, 7) is 0. The van der Waals surface area contributed by atoms with Gasteiger partial charge in [-0.15, -0.1) is 0 Å². The number of hydrogen-bond acceptors (Lipinski definition) is 4. The summed E-state index contributed by atoms with van der Waals surface area (Å²) in [5.74, 6) is -0.358. The van der Waals surface area contributed by atoms with Crippen molar-refractivity contribution in [2.24, 2.45) is 0 Å². The average molecular weight is 220 g/mol. The Kier molecular flexibility index (Phi) is 2.54. The van der Waals surface area contributed by atoms with Gasteiger partial charge in [-0.05, 0) is 12.1 Å². The highest BCUT2D eigenvalue weighted by atomic mass is 16.5. The molecule has 82 valence electrons. The number of nitroso groups, excluding NO2 is 1. The molecule has 1 aromatic rings. The number of ketones is 1. The van der Waals surface area contributed by atoms with Gasteiger partial charge in [0.25, 0.3) is 5.69 Å². The SMILES string of the molecule is COC1C=C[N+](=O)c2cc(O)ccc2C1=O. The summed E-state index contributed by atoms with van der Waals surface area (Å²) in [4.78, 5) is 23.5. The zero-order valence-corrected chi connectivity index (χ0v) is 8.58. The van der Waals surface area contributed by atoms with E-state index in [0.29, 0.717) is 4.76 Å². The van der Waals surface area contributed by atoms with Gasteiger partial charge in [-0.2, -0.15) is 0 Å². The Balaban J connectivity index is 2.60. The van der Waals surface area contributed by atoms with Crippen LogP contribution in [-0.4, -0.2) is 28.9 Å². The maximum Gasteiger partial charge on any atom is 0.277 e. The van der Waals surface area contributed by atoms with E-state index in [4.69, 9.17) is 4.74 Å². The van der Waals surface area contributed by atoms with Crippen LogP contribution in [0.2, 0.25) is 0 Å². The lowest BCUT2D eigenvalue weighted by Crippen LogP contribution is -2.19. The van der Waals surface area contributed by atoms with Gasteiger partial charge in [-0.3, -0.25) is 4.79 Å². The number of aromatic hydroxyl groups is 1. The number of benzene rings is 1. The fourth-order valence-corrected chi connectivity index (χ4v) is 1.57. The van der Waals surface area contributed by atoms with Crippen molar-refractivity contribution in [2.45, 2.75) is 6.10 Å². The van der Waals surface area contributed by atoms with Crippen LogP contribution in [0.25, 0.3) is 0 Å². The molecule has 0 aliphatic carbocycles. The van der Waals surface area contributed by atoms with Crippen molar-refractivity contribution in [3.05, 3.63) is 40.9 Å². The highest BCUT2D eigenvalue weighted by Crippen LogP contribution is 2.28. The van der Waals surface area contributed by atoms with Crippen LogP contribution in [0.4, 0.5) is 5.69 Å². The second-order valence-corrected chi connectivity index (χ2v) is 3.39. The minimum atomic E-state index is -0.762. The van der Waals surface area contributed by atoms with E-state index in [1.807, 2.05) is 0 Å². The quantitative estimate of drug-likeness (QED) is 0.729. The standard InChI is InChI=1S/C11H9NO4/c1-16-10-4-5-12(15)9-6-7(13)2-3-8(9)11(10)14/h2-6,10H,1H3/p+1. The predicted octanol–water partition coefficient (Wildman–Crippen LogP) is 1.53. The Bertz CT molecular complexity index is 493. The summed E-state index contributed by atoms with van der Waals surface area (Å²) in [7, 11) is 1.40. The summed E-state index contributed by atoms with van der Waals surface area (Å²) in [5, 5.41) is 9.28. The summed E-state index contributed by atoms with van der Waals surface area (Å²) >= 11 is 0. The molecule has 0 saturated carbocycles. The number of phenolic OH excluding ortho intramolecular Hbond substituents is 1. The van der Waals surface area contributed by atoms with Gasteiger partial charge in [0.2, 0.25) is 12.0 Å². The number of rotatable bonds is 1. The molecule has 1 aliphatic rings. The van der Waals surface area contributed by atoms with Crippen LogP contribution in [0.5, 0.6) is 5.75 Å². The number of Topliss-reactive ketones (excluding diaryl/α,β-unsaturated/α-hetero) is 1. The first-order valence-electron chi connectivity index (χ1n) is 4.68. The molecule has 1 N–H and O–H groups in total. The monoisotopic (exact) mass is 220 g/mol. The van der Waals surface area contributed by atoms with E-state index < -0.39 is 6.10 Å². The van der Waals surface area contributed by atoms with Gasteiger partial charge >= 0.3 is 0 Å². The first kappa shape index (κ1) is 10.5. The third kappa shape index (κ3) is 1.61. The highest BCUT2D eigenvalue weighted by molar-refractivity contribution is 6.04. The van der Waals surface area contributed by atoms with Crippen LogP contribution in [0.3, 0.4) is 0 Å². The maximum absolute atomic E-state index is 11.9. The Hall–Kier alpha value is -2.01. The Morgan fingerprint density at radius 2 is 2.19 bits per heavy atom. The van der Waals surface area contributed by atoms with Gasteiger partial charge in [0.15, 0.2) is 0 Å². The van der Waals surface area contributed by atoms with Crippen LogP contribution >= 0.6 is 0 Å². The summed E-state index contributed by atoms with van der Waals surface area (Å²) in [6.07, 6.45) is 1.83. The molecule has 0 spiro atoms. The van der Waals surface area contributed by atoms with Crippen LogP contribution in [0.1, 0.15) is 10.4 Å². The van der Waals surface area contributed by atoms with Crippen molar-refractivity contribution in [1.29, 1.82) is 0 Å². The van der Waals surface area contributed by atoms with E-state index in [1.165, 1.54) is 37.6 Å². The van der Waals surface area contributed by atoms with E-state index in [0.717, 1.165) is 0 Å². The maximum atomic E-state index is 11.9. The summed E-state index contributed by atoms with van der Waals surface area (Å²) in [5.41, 5.74) is 0.366. The Morgan fingerprint density at radius 3 is 2.88 bits per heavy atom. The molecular formula is C11H10NO4+. The molecule has 1 aromatic carbocycles. The van der Waals surface area contributed by atoms with Crippen LogP contribution in [0.15, 0.2) is 30.5 Å². The number of methoxy groups -OCH3 is 1. The zero-order valence-electron chi connectivity index (χ0n) is 8.58. The topological polar surface area (TPSA) is 66.6 Å². The molecule has 1 atom stereocenters. The molecule has 0 radical (unpaired) electrons. The molecule has 0 bridgehead atoms. The number of hydrogen-bond donors (Lipinski definition) is 1. The predicted molar refractivity (Wildman–Crippen MR) is 55.7 cm³/mol. The van der Waals surface area contributed by atoms with Crippen LogP contribution in [0, 0.1) is 4.91 Å². The van der Waals surface area contributed by atoms with Gasteiger partial charge in [0.1, 0.15) is 11.9 Å². The molecule has 0 fully saturated rings. The first-order chi connectivity index (χ1) is 7.63. The Morgan fingerprint density at radius 1 is 1.44 bits per heavy atom. The molecular weight excluding hydrogens is 210 g/mol. The first-order valence-corrected chi connectivity index (χ1v) is 4.68. The van der Waals surface area contributed by atoms with Crippen molar-refractivity contribution < 1.29 is 19.4 Å². The smallest absolute Gasteiger partial charge is 0.277 e. The average Bonchev–Trinajstić information content (AvgIpc) is 2.39. The lowest BCUT2D eigenvalue weighted by molar-refractivity contribution is -0.384. The summed E-state index contributed by atoms with van der Waals surface area (Å²) < 4.78 is 5.49. The second-order valence-electron chi connectivity index (χ2n) is 3.39. The van der Waals surface area contributed by atoms with Gasteiger partial charge in [0, 0.05) is 18.1 Å². The normalized spacial score (nSPS) is 19.4. The van der Waals surface area contributed by atoms with E-state index in [2.05, 4.69) is 0 Å². The molecule has 1 unspecified atom stereocenters. The van der Waals surface area contributed by atoms with Crippen molar-refractivity contribution in [1.82, 2.24) is 0 Å². The third-order valence-corrected chi connectivity index (χ3v) is 2.39. The van der Waals surface area contributed by atoms with Crippen molar-refractivity contribution in [2.75, 3.05) is 7.11 Å². The molecule has 1 heterocycles. The fourth-order valence-electron chi connectivity index (χ4n) is 1.57. The number of carbonyl (C=O) groups excluding carboxylic acids is 1. The highest BCUT2D eigenvalue weighted by Gasteiger charge is 2.31. The van der Waals surface area contributed by atoms with E-state index in [1.54, 1.807) is 0 Å². The van der Waals surface area contributed by atoms with Crippen molar-refractivity contribution >= 4 is 11.5 Å². The van der Waals surface area contributed by atoms with Crippen LogP contribution < -0.4 is 0 Å². The molecule has 5 nitrogen and oxygen atoms in total. The van der Waals surface area contributed by atoms with Gasteiger partial charge in [-0.25, -0.2) is 0 Å². The molecule has 16 heavy (non-hydrogen) atoms. The fraction of sp³-hybridized carbons (Fsp3) is 0.182. The lowest BCUT2D eigenvalue weighted by atomic mass is 10.0. The van der Waals surface area contributed by atoms with Gasteiger partial charge in [-0.1, -0.05) is 0 Å². The van der Waals surface area contributed by atoms with Gasteiger partial charge < -0.3 is 9.84 Å². The zero-order chi connectivity index (χ0) is 11.7. The number of carbonyl (C=O) groups is 1. The van der Waals surface area contributed by atoms with E-state index >= 15 is 0 Å². The lowest BCUT2D eigenvalue weighted by Gasteiger charge is -2.06. The van der Waals surface area contributed by atoms with Gasteiger partial charge in [0.05, 0.1) is 16.4 Å². The number of ether oxygens (including phenoxy) is 1. The van der Waals surface area contributed by atoms with Crippen molar-refractivity contribution in [3.63, 3.8) is 0 Å². The van der Waals surface area contributed by atoms with E-state index in [9.17, 15) is 14.8 Å².